The van der Waals surface area contributed by atoms with Crippen molar-refractivity contribution in [2.45, 2.75) is 37.8 Å². The Kier molecular flexibility index (Phi) is 6.70. The Morgan fingerprint density at radius 2 is 1.95 bits per heavy atom. The zero-order chi connectivity index (χ0) is 26.2. The van der Waals surface area contributed by atoms with E-state index in [2.05, 4.69) is 12.3 Å². The predicted molar refractivity (Wildman–Crippen MR) is 145 cm³/mol. The van der Waals surface area contributed by atoms with Crippen molar-refractivity contribution in [3.63, 3.8) is 0 Å². The number of ether oxygens (including phenoxy) is 1. The molecule has 0 aliphatic carbocycles. The summed E-state index contributed by atoms with van der Waals surface area (Å²) in [5.41, 5.74) is 9.36. The van der Waals surface area contributed by atoms with Crippen molar-refractivity contribution in [1.29, 1.82) is 5.26 Å². The molecule has 7 nitrogen and oxygen atoms in total. The van der Waals surface area contributed by atoms with E-state index in [1.165, 1.54) is 23.5 Å². The third-order valence-electron chi connectivity index (χ3n) is 7.44. The number of carbonyl (C=O) groups is 1. The van der Waals surface area contributed by atoms with Gasteiger partial charge in [-0.1, -0.05) is 12.1 Å². The number of hydrogen-bond donors (Lipinski definition) is 1. The number of carbonyl (C=O) groups excluding carboxylic acids is 1. The highest BCUT2D eigenvalue weighted by atomic mass is 32.1. The van der Waals surface area contributed by atoms with Crippen LogP contribution in [0.5, 0.6) is 0 Å². The number of thiophene rings is 1. The van der Waals surface area contributed by atoms with Gasteiger partial charge in [-0.25, -0.2) is 4.39 Å². The molecule has 1 atom stereocenters. The molecule has 2 fully saturated rings. The number of amides is 1. The van der Waals surface area contributed by atoms with E-state index in [9.17, 15) is 14.4 Å². The summed E-state index contributed by atoms with van der Waals surface area (Å²) in [5, 5.41) is 15.0. The Bertz CT molecular complexity index is 1550. The van der Waals surface area contributed by atoms with Gasteiger partial charge in [-0.15, -0.1) is 11.3 Å². The summed E-state index contributed by atoms with van der Waals surface area (Å²) in [6, 6.07) is 14.7. The van der Waals surface area contributed by atoms with Gasteiger partial charge in [0.2, 0.25) is 0 Å². The van der Waals surface area contributed by atoms with Crippen LogP contribution in [-0.4, -0.2) is 52.9 Å². The van der Waals surface area contributed by atoms with Crippen LogP contribution in [0.15, 0.2) is 48.7 Å². The second-order valence-electron chi connectivity index (χ2n) is 10.0. The zero-order valence-electron chi connectivity index (χ0n) is 20.9. The summed E-state index contributed by atoms with van der Waals surface area (Å²) in [7, 11) is 0. The highest BCUT2D eigenvalue weighted by Crippen LogP contribution is 2.41. The molecule has 2 aromatic carbocycles. The van der Waals surface area contributed by atoms with Crippen LogP contribution in [0, 0.1) is 17.1 Å². The molecule has 0 saturated carbocycles. The van der Waals surface area contributed by atoms with E-state index < -0.39 is 5.82 Å². The molecule has 0 bridgehead atoms. The maximum Gasteiger partial charge on any atom is 0.264 e. The van der Waals surface area contributed by atoms with E-state index in [4.69, 9.17) is 15.6 Å². The molecule has 194 valence electrons. The molecule has 2 aliphatic heterocycles. The average molecular weight is 530 g/mol. The monoisotopic (exact) mass is 529 g/mol. The Hall–Kier alpha value is -3.58. The van der Waals surface area contributed by atoms with Crippen LogP contribution in [0.3, 0.4) is 0 Å². The number of nitriles is 1. The SMILES string of the molecule is N#Cc1ccc(-c2cc(C(=O)N3CCCC(N)C3)sc2-c2ccc3nn(C4CCOCC4)cc3c2)cc1F. The van der Waals surface area contributed by atoms with Gasteiger partial charge in [0, 0.05) is 54.4 Å². The lowest BCUT2D eigenvalue weighted by molar-refractivity contribution is 0.0664. The molecular formula is C29H28FN5O2S. The van der Waals surface area contributed by atoms with Gasteiger partial charge in [0.1, 0.15) is 11.9 Å². The van der Waals surface area contributed by atoms with Gasteiger partial charge in [-0.3, -0.25) is 9.48 Å². The lowest BCUT2D eigenvalue weighted by Crippen LogP contribution is -2.45. The first-order chi connectivity index (χ1) is 18.5. The topological polar surface area (TPSA) is 97.2 Å². The number of likely N-dealkylation sites (tertiary alicyclic amines) is 1. The Morgan fingerprint density at radius 1 is 1.13 bits per heavy atom. The number of halogens is 1. The molecule has 4 heterocycles. The maximum atomic E-state index is 14.6. The number of hydrogen-bond acceptors (Lipinski definition) is 6. The molecule has 2 N–H and O–H groups in total. The van der Waals surface area contributed by atoms with Crippen LogP contribution >= 0.6 is 11.3 Å². The molecule has 2 aromatic heterocycles. The number of aromatic nitrogens is 2. The van der Waals surface area contributed by atoms with Crippen molar-refractivity contribution < 1.29 is 13.9 Å². The molecule has 1 amide bonds. The van der Waals surface area contributed by atoms with Crippen molar-refractivity contribution in [3.05, 3.63) is 64.9 Å². The zero-order valence-corrected chi connectivity index (χ0v) is 21.7. The summed E-state index contributed by atoms with van der Waals surface area (Å²) in [5.74, 6) is -0.634. The molecule has 6 rings (SSSR count). The lowest BCUT2D eigenvalue weighted by atomic mass is 10.00. The fourth-order valence-corrected chi connectivity index (χ4v) is 6.52. The van der Waals surface area contributed by atoms with Crippen LogP contribution in [0.1, 0.15) is 47.0 Å². The van der Waals surface area contributed by atoms with Crippen LogP contribution < -0.4 is 5.73 Å². The second-order valence-corrected chi connectivity index (χ2v) is 11.1. The largest absolute Gasteiger partial charge is 0.381 e. The van der Waals surface area contributed by atoms with Gasteiger partial charge < -0.3 is 15.4 Å². The highest BCUT2D eigenvalue weighted by molar-refractivity contribution is 7.18. The lowest BCUT2D eigenvalue weighted by Gasteiger charge is -2.30. The average Bonchev–Trinajstić information content (AvgIpc) is 3.58. The van der Waals surface area contributed by atoms with Crippen molar-refractivity contribution in [2.24, 2.45) is 5.73 Å². The fourth-order valence-electron chi connectivity index (χ4n) is 5.37. The normalized spacial score (nSPS) is 18.6. The van der Waals surface area contributed by atoms with Gasteiger partial charge >= 0.3 is 0 Å². The van der Waals surface area contributed by atoms with Crippen molar-refractivity contribution in [3.8, 4) is 27.6 Å². The Morgan fingerprint density at radius 3 is 2.71 bits per heavy atom. The molecule has 9 heteroatoms. The van der Waals surface area contributed by atoms with Gasteiger partial charge in [-0.05, 0) is 67.1 Å². The number of piperidine rings is 1. The molecule has 38 heavy (non-hydrogen) atoms. The van der Waals surface area contributed by atoms with Gasteiger partial charge in [0.15, 0.2) is 0 Å². The van der Waals surface area contributed by atoms with E-state index >= 15 is 0 Å². The molecule has 4 aromatic rings. The molecule has 0 spiro atoms. The first kappa shape index (κ1) is 24.7. The van der Waals surface area contributed by atoms with Crippen LogP contribution in [0.4, 0.5) is 4.39 Å². The maximum absolute atomic E-state index is 14.6. The quantitative estimate of drug-likeness (QED) is 0.384. The molecular weight excluding hydrogens is 501 g/mol. The minimum absolute atomic E-state index is 0.00826. The molecule has 0 radical (unpaired) electrons. The van der Waals surface area contributed by atoms with Gasteiger partial charge in [0.05, 0.1) is 22.0 Å². The van der Waals surface area contributed by atoms with E-state index in [0.717, 1.165) is 65.8 Å². The van der Waals surface area contributed by atoms with Crippen molar-refractivity contribution >= 4 is 28.1 Å². The third kappa shape index (κ3) is 4.71. The van der Waals surface area contributed by atoms with Gasteiger partial charge in [0.25, 0.3) is 5.91 Å². The van der Waals surface area contributed by atoms with E-state index in [1.54, 1.807) is 6.07 Å². The summed E-state index contributed by atoms with van der Waals surface area (Å²) in [4.78, 5) is 16.7. The summed E-state index contributed by atoms with van der Waals surface area (Å²) < 4.78 is 22.2. The van der Waals surface area contributed by atoms with Crippen LogP contribution in [0.2, 0.25) is 0 Å². The highest BCUT2D eigenvalue weighted by Gasteiger charge is 2.26. The van der Waals surface area contributed by atoms with Gasteiger partial charge in [-0.2, -0.15) is 10.4 Å². The summed E-state index contributed by atoms with van der Waals surface area (Å²) in [6.45, 7) is 2.69. The standard InChI is InChI=1S/C29H28FN5O2S/c30-25-13-18(3-4-20(25)15-31)24-14-27(29(36)34-9-1-2-22(32)17-34)38-28(24)19-5-6-26-21(12-19)16-35(33-26)23-7-10-37-11-8-23/h3-6,12-14,16,22-23H,1-2,7-11,17,32H2. The smallest absolute Gasteiger partial charge is 0.264 e. The molecule has 2 saturated heterocycles. The second kappa shape index (κ2) is 10.3. The molecule has 2 aliphatic rings. The fraction of sp³-hybridized carbons (Fsp3) is 0.345. The van der Waals surface area contributed by atoms with E-state index in [0.29, 0.717) is 29.6 Å². The number of fused-ring (bicyclic) bond motifs is 1. The van der Waals surface area contributed by atoms with E-state index in [1.807, 2.05) is 33.9 Å². The predicted octanol–water partition coefficient (Wildman–Crippen LogP) is 5.36. The van der Waals surface area contributed by atoms with Crippen LogP contribution in [-0.2, 0) is 4.74 Å². The van der Waals surface area contributed by atoms with Crippen molar-refractivity contribution in [1.82, 2.24) is 14.7 Å². The van der Waals surface area contributed by atoms with E-state index in [-0.39, 0.29) is 17.5 Å². The Labute approximate surface area is 224 Å². The number of rotatable bonds is 4. The first-order valence-electron chi connectivity index (χ1n) is 13.0. The number of benzene rings is 2. The first-order valence-corrected chi connectivity index (χ1v) is 13.8. The summed E-state index contributed by atoms with van der Waals surface area (Å²) >= 11 is 1.41. The van der Waals surface area contributed by atoms with Crippen molar-refractivity contribution in [2.75, 3.05) is 26.3 Å². The minimum Gasteiger partial charge on any atom is -0.381 e. The minimum atomic E-state index is -0.578. The number of nitrogens with two attached hydrogens (primary N) is 1. The summed E-state index contributed by atoms with van der Waals surface area (Å²) in [6.07, 6.45) is 5.74. The number of nitrogens with zero attached hydrogens (tertiary/aromatic N) is 4. The third-order valence-corrected chi connectivity index (χ3v) is 8.61. The Balaban J connectivity index is 1.42. The van der Waals surface area contributed by atoms with Crippen LogP contribution in [0.25, 0.3) is 32.5 Å². The molecule has 1 unspecified atom stereocenters.